The van der Waals surface area contributed by atoms with E-state index < -0.39 is 0 Å². The molecule has 1 saturated heterocycles. The zero-order chi connectivity index (χ0) is 14.8. The Morgan fingerprint density at radius 1 is 1.48 bits per heavy atom. The molecule has 0 N–H and O–H groups in total. The first-order chi connectivity index (χ1) is 10.2. The summed E-state index contributed by atoms with van der Waals surface area (Å²) in [7, 11) is 0. The molecule has 112 valence electrons. The standard InChI is InChI=1S/C14H17N3O3S/c1-9(2)12-15-16-13(20-12)11-7-19-5-4-17(11)14(18)10-3-6-21-8-10/h3,6,8-9,11H,4-5,7H2,1-2H3/t11-/m1/s1. The van der Waals surface area contributed by atoms with Crippen LogP contribution in [-0.4, -0.2) is 40.8 Å². The molecule has 1 aliphatic rings. The first-order valence-corrected chi connectivity index (χ1v) is 7.85. The number of ether oxygens (including phenoxy) is 1. The molecule has 1 amide bonds. The fourth-order valence-electron chi connectivity index (χ4n) is 2.22. The number of morpholine rings is 1. The Hall–Kier alpha value is -1.73. The summed E-state index contributed by atoms with van der Waals surface area (Å²) < 4.78 is 11.2. The first kappa shape index (κ1) is 14.2. The number of carbonyl (C=O) groups excluding carboxylic acids is 1. The van der Waals surface area contributed by atoms with Gasteiger partial charge in [0.05, 0.1) is 18.8 Å². The summed E-state index contributed by atoms with van der Waals surface area (Å²) in [5.74, 6) is 1.17. The maximum absolute atomic E-state index is 12.6. The fourth-order valence-corrected chi connectivity index (χ4v) is 2.85. The lowest BCUT2D eigenvalue weighted by molar-refractivity contribution is -0.0107. The average molecular weight is 307 g/mol. The van der Waals surface area contributed by atoms with Crippen molar-refractivity contribution in [2.45, 2.75) is 25.8 Å². The molecule has 6 nitrogen and oxygen atoms in total. The highest BCUT2D eigenvalue weighted by Gasteiger charge is 2.33. The minimum absolute atomic E-state index is 0.0196. The van der Waals surface area contributed by atoms with Crippen LogP contribution in [0.25, 0.3) is 0 Å². The highest BCUT2D eigenvalue weighted by Crippen LogP contribution is 2.27. The molecule has 2 aromatic heterocycles. The molecule has 1 atom stereocenters. The van der Waals surface area contributed by atoms with E-state index in [-0.39, 0.29) is 17.9 Å². The summed E-state index contributed by atoms with van der Waals surface area (Å²) in [6.07, 6.45) is 0. The van der Waals surface area contributed by atoms with Crippen molar-refractivity contribution >= 4 is 17.2 Å². The van der Waals surface area contributed by atoms with Gasteiger partial charge in [0.2, 0.25) is 11.8 Å². The van der Waals surface area contributed by atoms with Crippen molar-refractivity contribution in [3.05, 3.63) is 34.2 Å². The van der Waals surface area contributed by atoms with Gasteiger partial charge in [-0.05, 0) is 11.4 Å². The van der Waals surface area contributed by atoms with Gasteiger partial charge in [-0.2, -0.15) is 11.3 Å². The number of hydrogen-bond acceptors (Lipinski definition) is 6. The lowest BCUT2D eigenvalue weighted by Gasteiger charge is -2.33. The molecule has 0 spiro atoms. The second kappa shape index (κ2) is 5.95. The van der Waals surface area contributed by atoms with E-state index >= 15 is 0 Å². The largest absolute Gasteiger partial charge is 0.423 e. The number of hydrogen-bond donors (Lipinski definition) is 0. The molecule has 3 heterocycles. The molecule has 3 rings (SSSR count). The van der Waals surface area contributed by atoms with E-state index in [0.29, 0.717) is 37.1 Å². The smallest absolute Gasteiger partial charge is 0.255 e. The van der Waals surface area contributed by atoms with Crippen LogP contribution >= 0.6 is 11.3 Å². The second-order valence-corrected chi connectivity index (χ2v) is 6.01. The summed E-state index contributed by atoms with van der Waals surface area (Å²) >= 11 is 1.51. The van der Waals surface area contributed by atoms with Gasteiger partial charge in [0.1, 0.15) is 6.04 Å². The van der Waals surface area contributed by atoms with Gasteiger partial charge in [0, 0.05) is 17.8 Å². The van der Waals surface area contributed by atoms with Crippen LogP contribution < -0.4 is 0 Å². The van der Waals surface area contributed by atoms with Crippen LogP contribution in [0.3, 0.4) is 0 Å². The molecule has 2 aromatic rings. The average Bonchev–Trinajstić information content (AvgIpc) is 3.18. The molecule has 0 aliphatic carbocycles. The van der Waals surface area contributed by atoms with E-state index in [1.807, 2.05) is 30.7 Å². The van der Waals surface area contributed by atoms with Crippen molar-refractivity contribution in [3.8, 4) is 0 Å². The predicted molar refractivity (Wildman–Crippen MR) is 77.3 cm³/mol. The van der Waals surface area contributed by atoms with Gasteiger partial charge >= 0.3 is 0 Å². The second-order valence-electron chi connectivity index (χ2n) is 5.23. The van der Waals surface area contributed by atoms with Gasteiger partial charge in [0.25, 0.3) is 5.91 Å². The molecule has 0 unspecified atom stereocenters. The number of nitrogens with zero attached hydrogens (tertiary/aromatic N) is 3. The van der Waals surface area contributed by atoms with E-state index in [0.717, 1.165) is 0 Å². The predicted octanol–water partition coefficient (Wildman–Crippen LogP) is 2.47. The van der Waals surface area contributed by atoms with Gasteiger partial charge in [0.15, 0.2) is 0 Å². The van der Waals surface area contributed by atoms with E-state index in [9.17, 15) is 4.79 Å². The Balaban J connectivity index is 1.85. The van der Waals surface area contributed by atoms with Crippen LogP contribution in [0.1, 0.15) is 47.9 Å². The van der Waals surface area contributed by atoms with E-state index in [2.05, 4.69) is 10.2 Å². The lowest BCUT2D eigenvalue weighted by Crippen LogP contribution is -2.43. The van der Waals surface area contributed by atoms with Crippen LogP contribution in [0, 0.1) is 0 Å². The fraction of sp³-hybridized carbons (Fsp3) is 0.500. The number of carbonyl (C=O) groups is 1. The van der Waals surface area contributed by atoms with Crippen molar-refractivity contribution < 1.29 is 13.9 Å². The Labute approximate surface area is 126 Å². The lowest BCUT2D eigenvalue weighted by atomic mass is 10.2. The quantitative estimate of drug-likeness (QED) is 0.871. The van der Waals surface area contributed by atoms with Crippen molar-refractivity contribution in [1.82, 2.24) is 15.1 Å². The monoisotopic (exact) mass is 307 g/mol. The molecule has 21 heavy (non-hydrogen) atoms. The van der Waals surface area contributed by atoms with Crippen LogP contribution in [0.5, 0.6) is 0 Å². The van der Waals surface area contributed by atoms with Crippen LogP contribution in [-0.2, 0) is 4.74 Å². The maximum atomic E-state index is 12.6. The molecule has 0 aromatic carbocycles. The molecule has 7 heteroatoms. The summed E-state index contributed by atoms with van der Waals surface area (Å²) in [6.45, 7) is 5.41. The highest BCUT2D eigenvalue weighted by atomic mass is 32.1. The van der Waals surface area contributed by atoms with Crippen molar-refractivity contribution in [1.29, 1.82) is 0 Å². The third-order valence-electron chi connectivity index (χ3n) is 3.39. The third kappa shape index (κ3) is 2.84. The number of rotatable bonds is 3. The highest BCUT2D eigenvalue weighted by molar-refractivity contribution is 7.08. The molecule has 0 bridgehead atoms. The van der Waals surface area contributed by atoms with Crippen molar-refractivity contribution in [3.63, 3.8) is 0 Å². The zero-order valence-corrected chi connectivity index (χ0v) is 12.8. The summed E-state index contributed by atoms with van der Waals surface area (Å²) in [4.78, 5) is 14.3. The third-order valence-corrected chi connectivity index (χ3v) is 4.08. The van der Waals surface area contributed by atoms with Crippen LogP contribution in [0.15, 0.2) is 21.2 Å². The van der Waals surface area contributed by atoms with Crippen molar-refractivity contribution in [2.24, 2.45) is 0 Å². The zero-order valence-electron chi connectivity index (χ0n) is 12.0. The van der Waals surface area contributed by atoms with Gasteiger partial charge in [-0.15, -0.1) is 10.2 Å². The van der Waals surface area contributed by atoms with Crippen molar-refractivity contribution in [2.75, 3.05) is 19.8 Å². The van der Waals surface area contributed by atoms with E-state index in [1.165, 1.54) is 11.3 Å². The van der Waals surface area contributed by atoms with Gasteiger partial charge < -0.3 is 14.1 Å². The number of thiophene rings is 1. The van der Waals surface area contributed by atoms with E-state index in [1.54, 1.807) is 4.90 Å². The normalized spacial score (nSPS) is 19.2. The Kier molecular flexibility index (Phi) is 4.03. The molecule has 0 saturated carbocycles. The first-order valence-electron chi connectivity index (χ1n) is 6.91. The summed E-state index contributed by atoms with van der Waals surface area (Å²) in [5, 5.41) is 11.9. The maximum Gasteiger partial charge on any atom is 0.255 e. The Morgan fingerprint density at radius 2 is 2.33 bits per heavy atom. The Bertz CT molecular complexity index is 609. The minimum atomic E-state index is -0.314. The molecular formula is C14H17N3O3S. The Morgan fingerprint density at radius 3 is 3.00 bits per heavy atom. The molecule has 1 aliphatic heterocycles. The van der Waals surface area contributed by atoms with Gasteiger partial charge in [-0.3, -0.25) is 4.79 Å². The molecule has 1 fully saturated rings. The topological polar surface area (TPSA) is 68.5 Å². The van der Waals surface area contributed by atoms with Crippen LogP contribution in [0.2, 0.25) is 0 Å². The van der Waals surface area contributed by atoms with E-state index in [4.69, 9.17) is 9.15 Å². The molecule has 0 radical (unpaired) electrons. The van der Waals surface area contributed by atoms with Gasteiger partial charge in [-0.1, -0.05) is 13.8 Å². The molecular weight excluding hydrogens is 290 g/mol. The minimum Gasteiger partial charge on any atom is -0.423 e. The van der Waals surface area contributed by atoms with Gasteiger partial charge in [-0.25, -0.2) is 0 Å². The number of aromatic nitrogens is 2. The SMILES string of the molecule is CC(C)c1nnc([C@H]2COCCN2C(=O)c2ccsc2)o1. The number of amides is 1. The summed E-state index contributed by atoms with van der Waals surface area (Å²) in [6, 6.07) is 1.51. The summed E-state index contributed by atoms with van der Waals surface area (Å²) in [5.41, 5.74) is 0.690. The van der Waals surface area contributed by atoms with Crippen LogP contribution in [0.4, 0.5) is 0 Å².